The van der Waals surface area contributed by atoms with Gasteiger partial charge in [0.25, 0.3) is 29.5 Å². The van der Waals surface area contributed by atoms with Gasteiger partial charge in [-0.25, -0.2) is 24.9 Å². The number of nitrogens with one attached hydrogen (secondary N) is 11. The molecule has 1 aliphatic carbocycles. The Bertz CT molecular complexity index is 5910. The Hall–Kier alpha value is -13.4. The normalized spacial score (nSPS) is 16.0. The third-order valence-corrected chi connectivity index (χ3v) is 22.5. The molecule has 1 saturated carbocycles. The SMILES string of the molecule is CC(=O)NCCNC(=O)c1cnc2n[nH]c(-c3ccccc3)c2c1.CSCCC(CO)NC(=O)c1cnc2n[nH]c(-c3ccccc3)c2c1.CSCCNC(=O)c1cnc2n[nH]c(-c3ccccc3)c2c1.O=C(NC1CCC(O)CC1)c1cnc2n[nH]c(-c3ccccc3)c2c1.O=C(NC1CN2CCC1CC2)c1cnc2n[nH]c(-c3ccccc3)c2c1. The number of pyridine rings is 5. The number of aliphatic hydroxyl groups excluding tert-OH is 2. The van der Waals surface area contributed by atoms with Gasteiger partial charge in [0.05, 0.1) is 75.0 Å². The number of aliphatic hydroxyl groups is 2. The molecule has 30 nitrogen and oxygen atoms in total. The van der Waals surface area contributed by atoms with Crippen molar-refractivity contribution in [1.29, 1.82) is 0 Å². The summed E-state index contributed by atoms with van der Waals surface area (Å²) in [6.45, 7) is 6.04. The van der Waals surface area contributed by atoms with E-state index in [1.54, 1.807) is 54.2 Å². The molecule has 6 amide bonds. The highest BCUT2D eigenvalue weighted by atomic mass is 32.2. The molecule has 2 atom stereocenters. The molecule has 2 unspecified atom stereocenters. The molecule has 5 aromatic carbocycles. The molecule has 4 fully saturated rings. The molecular formula is C90H94N22O8S2. The first-order valence-corrected chi connectivity index (χ1v) is 43.1. The first-order valence-electron chi connectivity index (χ1n) is 40.4. The van der Waals surface area contributed by atoms with Crippen LogP contribution in [-0.4, -0.2) is 221 Å². The van der Waals surface area contributed by atoms with Crippen molar-refractivity contribution in [3.05, 3.63) is 241 Å². The number of nitrogens with zero attached hydrogens (tertiary/aromatic N) is 11. The van der Waals surface area contributed by atoms with Gasteiger partial charge in [-0.1, -0.05) is 152 Å². The Morgan fingerprint density at radius 3 is 1.07 bits per heavy atom. The smallest absolute Gasteiger partial charge is 0.253 e. The van der Waals surface area contributed by atoms with Crippen molar-refractivity contribution in [2.45, 2.75) is 76.1 Å². The zero-order valence-corrected chi connectivity index (χ0v) is 69.1. The zero-order chi connectivity index (χ0) is 84.7. The Morgan fingerprint density at radius 1 is 0.418 bits per heavy atom. The number of carbonyl (C=O) groups excluding carboxylic acids is 6. The van der Waals surface area contributed by atoms with Crippen molar-refractivity contribution in [3.63, 3.8) is 0 Å². The summed E-state index contributed by atoms with van der Waals surface area (Å²) < 4.78 is 0. The van der Waals surface area contributed by atoms with Gasteiger partial charge in [0, 0.05) is 137 Å². The lowest BCUT2D eigenvalue weighted by atomic mass is 9.84. The number of piperidine rings is 3. The number of hydrogen-bond donors (Lipinski definition) is 13. The maximum Gasteiger partial charge on any atom is 0.253 e. The first-order chi connectivity index (χ1) is 59.6. The van der Waals surface area contributed by atoms with E-state index in [1.807, 2.05) is 182 Å². The van der Waals surface area contributed by atoms with E-state index in [-0.39, 0.29) is 66.3 Å². The van der Waals surface area contributed by atoms with E-state index in [1.165, 1.54) is 45.2 Å². The number of thioether (sulfide) groups is 2. The highest BCUT2D eigenvalue weighted by molar-refractivity contribution is 7.98. The lowest BCUT2D eigenvalue weighted by molar-refractivity contribution is -0.118. The summed E-state index contributed by atoms with van der Waals surface area (Å²) in [5, 5.41) is 76.6. The van der Waals surface area contributed by atoms with Crippen molar-refractivity contribution >= 4 is 114 Å². The summed E-state index contributed by atoms with van der Waals surface area (Å²) in [6, 6.07) is 58.5. The molecule has 10 aromatic heterocycles. The molecule has 2 bridgehead atoms. The second-order valence-corrected chi connectivity index (χ2v) is 31.6. The maximum absolute atomic E-state index is 12.8. The molecule has 0 radical (unpaired) electrons. The van der Waals surface area contributed by atoms with Gasteiger partial charge in [-0.05, 0) is 113 Å². The van der Waals surface area contributed by atoms with Gasteiger partial charge in [0.1, 0.15) is 0 Å². The van der Waals surface area contributed by atoms with Crippen molar-refractivity contribution < 1.29 is 39.0 Å². The molecule has 624 valence electrons. The number of H-pyrrole nitrogens is 5. The lowest BCUT2D eigenvalue weighted by Crippen LogP contribution is -2.57. The van der Waals surface area contributed by atoms with Crippen LogP contribution in [0.5, 0.6) is 0 Å². The van der Waals surface area contributed by atoms with Crippen LogP contribution in [0.4, 0.5) is 0 Å². The van der Waals surface area contributed by atoms with Gasteiger partial charge < -0.3 is 47.0 Å². The average Bonchev–Trinajstić information content (AvgIpc) is 1.66. The Kier molecular flexibility index (Phi) is 28.9. The number of hydrogen-bond acceptors (Lipinski definition) is 21. The largest absolute Gasteiger partial charge is 0.394 e. The first kappa shape index (κ1) is 85.0. The number of aromatic nitrogens is 15. The van der Waals surface area contributed by atoms with E-state index < -0.39 is 0 Å². The maximum atomic E-state index is 12.8. The number of fused-ring (bicyclic) bond motifs is 8. The van der Waals surface area contributed by atoms with Crippen LogP contribution in [0.1, 0.15) is 104 Å². The fourth-order valence-corrected chi connectivity index (χ4v) is 15.6. The van der Waals surface area contributed by atoms with Crippen molar-refractivity contribution in [3.8, 4) is 56.3 Å². The summed E-state index contributed by atoms with van der Waals surface area (Å²) in [4.78, 5) is 96.9. The van der Waals surface area contributed by atoms with E-state index in [0.29, 0.717) is 81.6 Å². The van der Waals surface area contributed by atoms with Crippen LogP contribution >= 0.6 is 23.5 Å². The quantitative estimate of drug-likeness (QED) is 0.0265. The number of benzene rings is 5. The molecule has 13 heterocycles. The minimum Gasteiger partial charge on any atom is -0.394 e. The summed E-state index contributed by atoms with van der Waals surface area (Å²) in [5.74, 6) is 1.49. The van der Waals surface area contributed by atoms with Crippen LogP contribution in [-0.2, 0) is 4.79 Å². The van der Waals surface area contributed by atoms with Gasteiger partial charge >= 0.3 is 0 Å². The van der Waals surface area contributed by atoms with Crippen LogP contribution < -0.4 is 31.9 Å². The summed E-state index contributed by atoms with van der Waals surface area (Å²) >= 11 is 3.38. The van der Waals surface area contributed by atoms with Crippen LogP contribution in [0, 0.1) is 5.92 Å². The second-order valence-electron chi connectivity index (χ2n) is 29.6. The van der Waals surface area contributed by atoms with E-state index >= 15 is 0 Å². The van der Waals surface area contributed by atoms with E-state index in [2.05, 4.69) is 113 Å². The third kappa shape index (κ3) is 21.6. The van der Waals surface area contributed by atoms with Crippen molar-refractivity contribution in [1.82, 2.24) is 113 Å². The second kappa shape index (κ2) is 41.5. The van der Waals surface area contributed by atoms with Gasteiger partial charge in [-0.2, -0.15) is 49.0 Å². The summed E-state index contributed by atoms with van der Waals surface area (Å²) in [6.07, 6.45) is 17.7. The monoisotopic (exact) mass is 1670 g/mol. The minimum atomic E-state index is -0.256. The molecule has 0 spiro atoms. The zero-order valence-electron chi connectivity index (χ0n) is 67.5. The molecule has 19 rings (SSSR count). The molecular weight excluding hydrogens is 1580 g/mol. The van der Waals surface area contributed by atoms with Gasteiger partial charge in [-0.3, -0.25) is 54.3 Å². The molecule has 3 saturated heterocycles. The van der Waals surface area contributed by atoms with Crippen LogP contribution in [0.25, 0.3) is 111 Å². The number of rotatable bonds is 23. The Balaban J connectivity index is 0.000000125. The van der Waals surface area contributed by atoms with Crippen LogP contribution in [0.15, 0.2) is 213 Å². The molecule has 3 aliphatic heterocycles. The Morgan fingerprint density at radius 2 is 0.746 bits per heavy atom. The van der Waals surface area contributed by atoms with Crippen molar-refractivity contribution in [2.24, 2.45) is 5.92 Å². The highest BCUT2D eigenvalue weighted by Gasteiger charge is 2.35. The fourth-order valence-electron chi connectivity index (χ4n) is 14.7. The number of amides is 6. The topological polar surface area (TPSA) is 426 Å². The molecule has 122 heavy (non-hydrogen) atoms. The minimum absolute atomic E-state index is 0.0432. The fraction of sp³-hybridized carbons (Fsp3) is 0.267. The molecule has 13 N–H and O–H groups in total. The molecule has 4 aliphatic rings. The predicted molar refractivity (Wildman–Crippen MR) is 476 cm³/mol. The average molecular weight is 1680 g/mol. The van der Waals surface area contributed by atoms with Crippen LogP contribution in [0.2, 0.25) is 0 Å². The number of aromatic amines is 5. The van der Waals surface area contributed by atoms with Crippen molar-refractivity contribution in [2.75, 3.05) is 69.9 Å². The highest BCUT2D eigenvalue weighted by Crippen LogP contribution is 2.33. The van der Waals surface area contributed by atoms with E-state index in [9.17, 15) is 39.0 Å². The summed E-state index contributed by atoms with van der Waals surface area (Å²) in [5.41, 5.74) is 14.8. The summed E-state index contributed by atoms with van der Waals surface area (Å²) in [7, 11) is 0. The Labute approximate surface area is 710 Å². The lowest BCUT2D eigenvalue weighted by Gasteiger charge is -2.44. The van der Waals surface area contributed by atoms with E-state index in [0.717, 1.165) is 133 Å². The van der Waals surface area contributed by atoms with Gasteiger partial charge in [-0.15, -0.1) is 0 Å². The van der Waals surface area contributed by atoms with Crippen LogP contribution in [0.3, 0.4) is 0 Å². The predicted octanol–water partition coefficient (Wildman–Crippen LogP) is 11.8. The van der Waals surface area contributed by atoms with E-state index in [4.69, 9.17) is 0 Å². The molecule has 15 aromatic rings. The number of carbonyl (C=O) groups is 6. The molecule has 32 heteroatoms. The standard InChI is InChI=1S/C20H21N5O.C19H20N4O2.C18H20N4O2S.C17H17N5O2.C16H16N4OS/c26-20(22-17-12-25-8-6-13(17)7-9-25)15-10-16-18(14-4-2-1-3-5-14)23-24-19(16)21-11-15;24-15-8-6-14(7-9-15)21-19(25)13-10-16-17(12-4-2-1-3-5-12)22-23-18(16)20-11-13;1-25-8-7-14(11-23)20-18(24)13-9-15-16(12-5-3-2-4-6-12)21-22-17(15)19-10-13;1-11(23)18-7-8-19-17(24)13-9-14-15(12-5-3-2-4-6-12)21-22-16(14)20-10-13;1-22-8-7-17-16(21)12-9-13-14(11-5-3-2-4-6-11)19-20-15(13)18-10-12/h1-5,10-11,13,17H,6-9,12H2,(H,22,26)(H,21,23,24);1-5,10-11,14-15,24H,6-9H2,(H,21,25)(H,20,22,23);2-6,9-10,14,23H,7-8,11H2,1H3,(H,20,24)(H,19,21,22);2-6,9-10H,7-8H2,1H3,(H,18,23)(H,19,24)(H,20,21,22);2-6,9-10H,7-8H2,1H3,(H,17,21)(H,18,19,20). The third-order valence-electron chi connectivity index (χ3n) is 21.3. The van der Waals surface area contributed by atoms with Gasteiger partial charge in [0.2, 0.25) is 5.91 Å². The van der Waals surface area contributed by atoms with Gasteiger partial charge in [0.15, 0.2) is 28.2 Å².